The van der Waals surface area contributed by atoms with Crippen molar-refractivity contribution in [3.8, 4) is 11.5 Å². The predicted octanol–water partition coefficient (Wildman–Crippen LogP) is 3.71. The van der Waals surface area contributed by atoms with Crippen LogP contribution in [0.3, 0.4) is 0 Å². The van der Waals surface area contributed by atoms with Crippen molar-refractivity contribution in [1.29, 1.82) is 0 Å². The molecule has 0 spiro atoms. The Hall–Kier alpha value is -1.46. The SMILES string of the molecule is COc1cc(CNCCc2ccc(Cl)cc2Cl)ccc1OCCO. The molecule has 0 amide bonds. The van der Waals surface area contributed by atoms with Gasteiger partial charge in [-0.1, -0.05) is 35.3 Å². The summed E-state index contributed by atoms with van der Waals surface area (Å²) >= 11 is 12.1. The van der Waals surface area contributed by atoms with Gasteiger partial charge < -0.3 is 19.9 Å². The van der Waals surface area contributed by atoms with Gasteiger partial charge >= 0.3 is 0 Å². The van der Waals surface area contributed by atoms with E-state index in [0.717, 1.165) is 24.1 Å². The Balaban J connectivity index is 1.85. The smallest absolute Gasteiger partial charge is 0.161 e. The van der Waals surface area contributed by atoms with Gasteiger partial charge in [0, 0.05) is 16.6 Å². The maximum Gasteiger partial charge on any atom is 0.161 e. The van der Waals surface area contributed by atoms with Gasteiger partial charge in [0.05, 0.1) is 13.7 Å². The van der Waals surface area contributed by atoms with Gasteiger partial charge in [-0.25, -0.2) is 0 Å². The van der Waals surface area contributed by atoms with Crippen LogP contribution in [0.2, 0.25) is 10.0 Å². The van der Waals surface area contributed by atoms with Crippen molar-refractivity contribution in [2.45, 2.75) is 13.0 Å². The van der Waals surface area contributed by atoms with Gasteiger partial charge in [-0.2, -0.15) is 0 Å². The van der Waals surface area contributed by atoms with Crippen molar-refractivity contribution in [3.05, 3.63) is 57.6 Å². The van der Waals surface area contributed by atoms with Crippen molar-refractivity contribution in [1.82, 2.24) is 5.32 Å². The van der Waals surface area contributed by atoms with Crippen LogP contribution in [0.25, 0.3) is 0 Å². The molecule has 2 aromatic rings. The zero-order valence-corrected chi connectivity index (χ0v) is 15.0. The molecule has 0 aliphatic carbocycles. The maximum atomic E-state index is 8.83. The summed E-state index contributed by atoms with van der Waals surface area (Å²) in [6.07, 6.45) is 0.824. The third-order valence-electron chi connectivity index (χ3n) is 3.49. The highest BCUT2D eigenvalue weighted by Gasteiger charge is 2.06. The lowest BCUT2D eigenvalue weighted by molar-refractivity contribution is 0.196. The largest absolute Gasteiger partial charge is 0.493 e. The van der Waals surface area contributed by atoms with Crippen LogP contribution in [-0.4, -0.2) is 32.0 Å². The van der Waals surface area contributed by atoms with E-state index in [0.29, 0.717) is 28.1 Å². The zero-order valence-electron chi connectivity index (χ0n) is 13.5. The van der Waals surface area contributed by atoms with Crippen molar-refractivity contribution < 1.29 is 14.6 Å². The van der Waals surface area contributed by atoms with Crippen molar-refractivity contribution in [2.24, 2.45) is 0 Å². The van der Waals surface area contributed by atoms with Gasteiger partial charge in [-0.05, 0) is 48.4 Å². The van der Waals surface area contributed by atoms with E-state index in [9.17, 15) is 0 Å². The molecular formula is C18H21Cl2NO3. The van der Waals surface area contributed by atoms with Crippen LogP contribution in [0, 0.1) is 0 Å². The van der Waals surface area contributed by atoms with Crippen LogP contribution in [0.15, 0.2) is 36.4 Å². The molecule has 130 valence electrons. The summed E-state index contributed by atoms with van der Waals surface area (Å²) in [6.45, 7) is 1.73. The molecule has 0 radical (unpaired) electrons. The van der Waals surface area contributed by atoms with E-state index in [2.05, 4.69) is 5.32 Å². The monoisotopic (exact) mass is 369 g/mol. The minimum absolute atomic E-state index is 0.0281. The molecule has 6 heteroatoms. The van der Waals surface area contributed by atoms with E-state index >= 15 is 0 Å². The second-order valence-electron chi connectivity index (χ2n) is 5.22. The van der Waals surface area contributed by atoms with Gasteiger partial charge in [-0.3, -0.25) is 0 Å². The second-order valence-corrected chi connectivity index (χ2v) is 6.06. The van der Waals surface area contributed by atoms with E-state index < -0.39 is 0 Å². The highest BCUT2D eigenvalue weighted by atomic mass is 35.5. The molecule has 0 aliphatic heterocycles. The molecule has 4 nitrogen and oxygen atoms in total. The molecule has 0 saturated carbocycles. The van der Waals surface area contributed by atoms with Crippen LogP contribution >= 0.6 is 23.2 Å². The molecule has 2 aromatic carbocycles. The van der Waals surface area contributed by atoms with E-state index in [1.165, 1.54) is 0 Å². The Bertz CT molecular complexity index is 665. The highest BCUT2D eigenvalue weighted by molar-refractivity contribution is 6.35. The van der Waals surface area contributed by atoms with E-state index in [4.69, 9.17) is 37.8 Å². The number of rotatable bonds is 9. The van der Waals surface area contributed by atoms with Gasteiger partial charge in [0.25, 0.3) is 0 Å². The van der Waals surface area contributed by atoms with Crippen molar-refractivity contribution in [2.75, 3.05) is 26.9 Å². The lowest BCUT2D eigenvalue weighted by Gasteiger charge is -2.12. The molecule has 24 heavy (non-hydrogen) atoms. The van der Waals surface area contributed by atoms with Gasteiger partial charge in [0.2, 0.25) is 0 Å². The number of halogens is 2. The number of ether oxygens (including phenoxy) is 2. The van der Waals surface area contributed by atoms with Crippen LogP contribution in [-0.2, 0) is 13.0 Å². The summed E-state index contributed by atoms with van der Waals surface area (Å²) in [6, 6.07) is 11.3. The first-order chi connectivity index (χ1) is 11.6. The average molecular weight is 370 g/mol. The number of aliphatic hydroxyl groups excluding tert-OH is 1. The van der Waals surface area contributed by atoms with E-state index in [1.807, 2.05) is 30.3 Å². The Morgan fingerprint density at radius 3 is 2.62 bits per heavy atom. The first-order valence-corrected chi connectivity index (χ1v) is 8.45. The Morgan fingerprint density at radius 2 is 1.92 bits per heavy atom. The second kappa shape index (κ2) is 9.74. The Kier molecular flexibility index (Phi) is 7.66. The quantitative estimate of drug-likeness (QED) is 0.661. The maximum absolute atomic E-state index is 8.83. The van der Waals surface area contributed by atoms with Crippen LogP contribution in [0.5, 0.6) is 11.5 Å². The van der Waals surface area contributed by atoms with Crippen molar-refractivity contribution in [3.63, 3.8) is 0 Å². The minimum Gasteiger partial charge on any atom is -0.493 e. The summed E-state index contributed by atoms with van der Waals surface area (Å²) < 4.78 is 10.7. The summed E-state index contributed by atoms with van der Waals surface area (Å²) in [5.41, 5.74) is 2.16. The summed E-state index contributed by atoms with van der Waals surface area (Å²) in [5, 5.41) is 13.5. The lowest BCUT2D eigenvalue weighted by Crippen LogP contribution is -2.17. The number of benzene rings is 2. The zero-order chi connectivity index (χ0) is 17.4. The summed E-state index contributed by atoms with van der Waals surface area (Å²) in [5.74, 6) is 1.28. The molecule has 0 saturated heterocycles. The molecular weight excluding hydrogens is 349 g/mol. The van der Waals surface area contributed by atoms with Crippen molar-refractivity contribution >= 4 is 23.2 Å². The number of hydrogen-bond donors (Lipinski definition) is 2. The fourth-order valence-corrected chi connectivity index (χ4v) is 2.78. The molecule has 0 heterocycles. The van der Waals surface area contributed by atoms with Gasteiger partial charge in [0.1, 0.15) is 6.61 Å². The Morgan fingerprint density at radius 1 is 1.08 bits per heavy atom. The third-order valence-corrected chi connectivity index (χ3v) is 4.08. The van der Waals surface area contributed by atoms with Crippen LogP contribution in [0.4, 0.5) is 0 Å². The number of hydrogen-bond acceptors (Lipinski definition) is 4. The molecule has 0 aromatic heterocycles. The van der Waals surface area contributed by atoms with Crippen LogP contribution in [0.1, 0.15) is 11.1 Å². The fourth-order valence-electron chi connectivity index (χ4n) is 2.28. The number of methoxy groups -OCH3 is 1. The predicted molar refractivity (Wildman–Crippen MR) is 97.4 cm³/mol. The third kappa shape index (κ3) is 5.56. The molecule has 0 aliphatic rings. The standard InChI is InChI=1S/C18H21Cl2NO3/c1-23-18-10-13(2-5-17(18)24-9-8-22)12-21-7-6-14-3-4-15(19)11-16(14)20/h2-5,10-11,21-22H,6-9,12H2,1H3. The lowest BCUT2D eigenvalue weighted by atomic mass is 10.1. The average Bonchev–Trinajstić information content (AvgIpc) is 2.58. The minimum atomic E-state index is -0.0281. The molecule has 0 unspecified atom stereocenters. The van der Waals surface area contributed by atoms with E-state index in [-0.39, 0.29) is 13.2 Å². The molecule has 0 bridgehead atoms. The molecule has 2 rings (SSSR count). The van der Waals surface area contributed by atoms with Gasteiger partial charge in [-0.15, -0.1) is 0 Å². The highest BCUT2D eigenvalue weighted by Crippen LogP contribution is 2.28. The van der Waals surface area contributed by atoms with Gasteiger partial charge in [0.15, 0.2) is 11.5 Å². The molecule has 0 fully saturated rings. The van der Waals surface area contributed by atoms with Crippen LogP contribution < -0.4 is 14.8 Å². The molecule has 2 N–H and O–H groups in total. The Labute approximate surface area is 152 Å². The number of aliphatic hydroxyl groups is 1. The van der Waals surface area contributed by atoms with E-state index in [1.54, 1.807) is 13.2 Å². The first kappa shape index (κ1) is 18.9. The topological polar surface area (TPSA) is 50.7 Å². The normalized spacial score (nSPS) is 10.7. The number of nitrogens with one attached hydrogen (secondary N) is 1. The fraction of sp³-hybridized carbons (Fsp3) is 0.333. The first-order valence-electron chi connectivity index (χ1n) is 7.69. The summed E-state index contributed by atoms with van der Waals surface area (Å²) in [7, 11) is 1.60. The summed E-state index contributed by atoms with van der Waals surface area (Å²) in [4.78, 5) is 0. The molecule has 0 atom stereocenters.